The van der Waals surface area contributed by atoms with Crippen LogP contribution < -0.4 is 10.1 Å². The molecule has 1 fully saturated rings. The van der Waals surface area contributed by atoms with Gasteiger partial charge in [-0.25, -0.2) is 0 Å². The van der Waals surface area contributed by atoms with Crippen molar-refractivity contribution in [3.8, 4) is 5.75 Å². The molecule has 3 nitrogen and oxygen atoms in total. The Labute approximate surface area is 123 Å². The molecule has 1 atom stereocenters. The van der Waals surface area contributed by atoms with E-state index >= 15 is 0 Å². The molecule has 1 aromatic rings. The van der Waals surface area contributed by atoms with Crippen LogP contribution in [0.3, 0.4) is 0 Å². The second kappa shape index (κ2) is 7.65. The molecular formula is C17H28N2O. The third-order valence-electron chi connectivity index (χ3n) is 4.26. The number of likely N-dealkylation sites (N-methyl/N-ethyl adjacent to an activating group) is 1. The summed E-state index contributed by atoms with van der Waals surface area (Å²) < 4.78 is 5.24. The topological polar surface area (TPSA) is 24.5 Å². The van der Waals surface area contributed by atoms with Crippen molar-refractivity contribution in [2.45, 2.75) is 32.7 Å². The van der Waals surface area contributed by atoms with Gasteiger partial charge in [-0.15, -0.1) is 0 Å². The van der Waals surface area contributed by atoms with E-state index in [0.29, 0.717) is 6.04 Å². The Morgan fingerprint density at radius 1 is 1.20 bits per heavy atom. The van der Waals surface area contributed by atoms with Gasteiger partial charge in [0.2, 0.25) is 0 Å². The Morgan fingerprint density at radius 2 is 1.85 bits per heavy atom. The van der Waals surface area contributed by atoms with Gasteiger partial charge in [0.1, 0.15) is 5.75 Å². The smallest absolute Gasteiger partial charge is 0.118 e. The van der Waals surface area contributed by atoms with Crippen LogP contribution in [0.15, 0.2) is 24.3 Å². The Hall–Kier alpha value is -1.06. The van der Waals surface area contributed by atoms with Crippen LogP contribution in [0, 0.1) is 5.92 Å². The average molecular weight is 276 g/mol. The second-order valence-corrected chi connectivity index (χ2v) is 5.57. The van der Waals surface area contributed by atoms with Gasteiger partial charge in [0.05, 0.1) is 7.11 Å². The number of benzene rings is 1. The molecule has 0 saturated heterocycles. The highest BCUT2D eigenvalue weighted by Crippen LogP contribution is 2.41. The Balaban J connectivity index is 1.89. The van der Waals surface area contributed by atoms with Gasteiger partial charge >= 0.3 is 0 Å². The van der Waals surface area contributed by atoms with Crippen molar-refractivity contribution in [3.63, 3.8) is 0 Å². The maximum atomic E-state index is 5.24. The summed E-state index contributed by atoms with van der Waals surface area (Å²) in [6, 6.07) is 9.04. The predicted molar refractivity (Wildman–Crippen MR) is 84.2 cm³/mol. The van der Waals surface area contributed by atoms with E-state index < -0.39 is 0 Å². The van der Waals surface area contributed by atoms with Gasteiger partial charge in [-0.2, -0.15) is 0 Å². The molecule has 0 amide bonds. The summed E-state index contributed by atoms with van der Waals surface area (Å²) in [6.07, 6.45) is 2.71. The fraction of sp³-hybridized carbons (Fsp3) is 0.647. The lowest BCUT2D eigenvalue weighted by atomic mass is 10.0. The number of methoxy groups -OCH3 is 1. The van der Waals surface area contributed by atoms with Crippen LogP contribution in [0.1, 0.15) is 38.3 Å². The lowest BCUT2D eigenvalue weighted by molar-refractivity contribution is 0.293. The van der Waals surface area contributed by atoms with Crippen LogP contribution in [0.2, 0.25) is 0 Å². The van der Waals surface area contributed by atoms with Crippen LogP contribution >= 0.6 is 0 Å². The first-order chi connectivity index (χ1) is 9.78. The largest absolute Gasteiger partial charge is 0.497 e. The fourth-order valence-electron chi connectivity index (χ4n) is 2.72. The molecule has 0 spiro atoms. The monoisotopic (exact) mass is 276 g/mol. The van der Waals surface area contributed by atoms with Crippen LogP contribution in [-0.2, 0) is 0 Å². The van der Waals surface area contributed by atoms with Crippen molar-refractivity contribution in [1.29, 1.82) is 0 Å². The molecule has 1 aromatic carbocycles. The first-order valence-corrected chi connectivity index (χ1v) is 7.88. The van der Waals surface area contributed by atoms with Crippen LogP contribution in [-0.4, -0.2) is 38.2 Å². The summed E-state index contributed by atoms with van der Waals surface area (Å²) in [5.74, 6) is 1.76. The van der Waals surface area contributed by atoms with E-state index in [1.807, 2.05) is 0 Å². The molecule has 0 aliphatic heterocycles. The second-order valence-electron chi connectivity index (χ2n) is 5.57. The van der Waals surface area contributed by atoms with E-state index in [1.165, 1.54) is 18.4 Å². The Kier molecular flexibility index (Phi) is 5.86. The Morgan fingerprint density at radius 3 is 2.35 bits per heavy atom. The molecule has 0 aromatic heterocycles. The standard InChI is InChI=1S/C17H28N2O/c1-4-19(5-2)13-12-18-17(14-6-7-14)15-8-10-16(20-3)11-9-15/h8-11,14,17-18H,4-7,12-13H2,1-3H3. The van der Waals surface area contributed by atoms with E-state index in [4.69, 9.17) is 4.74 Å². The van der Waals surface area contributed by atoms with Gasteiger partial charge < -0.3 is 15.0 Å². The zero-order chi connectivity index (χ0) is 14.4. The highest BCUT2D eigenvalue weighted by molar-refractivity contribution is 5.30. The zero-order valence-corrected chi connectivity index (χ0v) is 13.1. The summed E-state index contributed by atoms with van der Waals surface area (Å²) in [4.78, 5) is 2.46. The molecule has 1 N–H and O–H groups in total. The van der Waals surface area contributed by atoms with Gasteiger partial charge in [-0.3, -0.25) is 0 Å². The Bertz CT molecular complexity index is 382. The molecular weight excluding hydrogens is 248 g/mol. The van der Waals surface area contributed by atoms with E-state index in [1.54, 1.807) is 7.11 Å². The fourth-order valence-corrected chi connectivity index (χ4v) is 2.72. The van der Waals surface area contributed by atoms with E-state index in [0.717, 1.165) is 37.8 Å². The SMILES string of the molecule is CCN(CC)CCNC(c1ccc(OC)cc1)C1CC1. The number of rotatable bonds is 9. The van der Waals surface area contributed by atoms with Crippen LogP contribution in [0.5, 0.6) is 5.75 Å². The van der Waals surface area contributed by atoms with Crippen molar-refractivity contribution >= 4 is 0 Å². The third-order valence-corrected chi connectivity index (χ3v) is 4.26. The lowest BCUT2D eigenvalue weighted by Gasteiger charge is -2.23. The van der Waals surface area contributed by atoms with Crippen LogP contribution in [0.4, 0.5) is 0 Å². The van der Waals surface area contributed by atoms with E-state index in [9.17, 15) is 0 Å². The number of hydrogen-bond donors (Lipinski definition) is 1. The van der Waals surface area contributed by atoms with Gasteiger partial charge in [-0.1, -0.05) is 26.0 Å². The van der Waals surface area contributed by atoms with Crippen molar-refractivity contribution < 1.29 is 4.74 Å². The van der Waals surface area contributed by atoms with Gasteiger partial charge in [0.25, 0.3) is 0 Å². The molecule has 2 rings (SSSR count). The van der Waals surface area contributed by atoms with Crippen molar-refractivity contribution in [1.82, 2.24) is 10.2 Å². The molecule has 1 unspecified atom stereocenters. The quantitative estimate of drug-likeness (QED) is 0.750. The van der Waals surface area contributed by atoms with E-state index in [-0.39, 0.29) is 0 Å². The first-order valence-electron chi connectivity index (χ1n) is 7.88. The van der Waals surface area contributed by atoms with Gasteiger partial charge in [-0.05, 0) is 49.5 Å². The molecule has 1 aliphatic rings. The van der Waals surface area contributed by atoms with Crippen molar-refractivity contribution in [2.24, 2.45) is 5.92 Å². The minimum absolute atomic E-state index is 0.511. The summed E-state index contributed by atoms with van der Waals surface area (Å²) in [6.45, 7) is 8.92. The molecule has 3 heteroatoms. The molecule has 0 radical (unpaired) electrons. The summed E-state index contributed by atoms with van der Waals surface area (Å²) in [7, 11) is 1.72. The number of nitrogens with zero attached hydrogens (tertiary/aromatic N) is 1. The highest BCUT2D eigenvalue weighted by Gasteiger charge is 2.31. The molecule has 1 saturated carbocycles. The normalized spacial score (nSPS) is 16.4. The zero-order valence-electron chi connectivity index (χ0n) is 13.1. The van der Waals surface area contributed by atoms with Crippen LogP contribution in [0.25, 0.3) is 0 Å². The average Bonchev–Trinajstić information content (AvgIpc) is 3.32. The third kappa shape index (κ3) is 4.22. The summed E-state index contributed by atoms with van der Waals surface area (Å²) in [5, 5.41) is 3.75. The predicted octanol–water partition coefficient (Wildman–Crippen LogP) is 3.08. The lowest BCUT2D eigenvalue weighted by Crippen LogP contribution is -2.34. The number of hydrogen-bond acceptors (Lipinski definition) is 3. The molecule has 0 heterocycles. The molecule has 20 heavy (non-hydrogen) atoms. The maximum Gasteiger partial charge on any atom is 0.118 e. The highest BCUT2D eigenvalue weighted by atomic mass is 16.5. The van der Waals surface area contributed by atoms with E-state index in [2.05, 4.69) is 48.3 Å². The van der Waals surface area contributed by atoms with Crippen molar-refractivity contribution in [2.75, 3.05) is 33.3 Å². The minimum Gasteiger partial charge on any atom is -0.497 e. The minimum atomic E-state index is 0.511. The number of nitrogens with one attached hydrogen (secondary N) is 1. The first kappa shape index (κ1) is 15.3. The molecule has 0 bridgehead atoms. The summed E-state index contributed by atoms with van der Waals surface area (Å²) in [5.41, 5.74) is 1.40. The number of ether oxygens (including phenoxy) is 1. The van der Waals surface area contributed by atoms with Crippen molar-refractivity contribution in [3.05, 3.63) is 29.8 Å². The summed E-state index contributed by atoms with van der Waals surface area (Å²) >= 11 is 0. The molecule has 112 valence electrons. The maximum absolute atomic E-state index is 5.24. The molecule has 1 aliphatic carbocycles. The van der Waals surface area contributed by atoms with Gasteiger partial charge in [0.15, 0.2) is 0 Å². The van der Waals surface area contributed by atoms with Gasteiger partial charge in [0, 0.05) is 19.1 Å².